The first-order chi connectivity index (χ1) is 15.2. The zero-order valence-corrected chi connectivity index (χ0v) is 17.6. The van der Waals surface area contributed by atoms with Crippen molar-refractivity contribution in [3.8, 4) is 16.3 Å². The fraction of sp³-hybridized carbons (Fsp3) is 0.0417. The standard InChI is InChI=1S/C24H20N4O2S/c1-25-24(30)20(26-23(29)17-9-4-2-5-10-17)15-18-16-28(19-11-6-3-7-12-19)27-22(18)21-13-8-14-31-21/h2-16H,1H3,(H,25,30)(H,26,29)/b20-15-. The minimum atomic E-state index is -0.395. The van der Waals surface area contributed by atoms with Crippen LogP contribution >= 0.6 is 11.3 Å². The number of aromatic nitrogens is 2. The number of carbonyl (C=O) groups is 2. The number of hydrogen-bond donors (Lipinski definition) is 2. The third-order valence-electron chi connectivity index (χ3n) is 4.57. The number of nitrogens with one attached hydrogen (secondary N) is 2. The van der Waals surface area contributed by atoms with Crippen LogP contribution in [0.4, 0.5) is 0 Å². The van der Waals surface area contributed by atoms with E-state index in [9.17, 15) is 9.59 Å². The van der Waals surface area contributed by atoms with Gasteiger partial charge in [-0.05, 0) is 41.8 Å². The van der Waals surface area contributed by atoms with Crippen LogP contribution in [-0.2, 0) is 4.79 Å². The molecule has 2 heterocycles. The number of nitrogens with zero attached hydrogens (tertiary/aromatic N) is 2. The molecule has 0 saturated carbocycles. The van der Waals surface area contributed by atoms with Crippen molar-refractivity contribution >= 4 is 29.2 Å². The van der Waals surface area contributed by atoms with Crippen molar-refractivity contribution in [2.45, 2.75) is 0 Å². The maximum absolute atomic E-state index is 12.7. The molecular weight excluding hydrogens is 408 g/mol. The zero-order valence-electron chi connectivity index (χ0n) is 16.8. The largest absolute Gasteiger partial charge is 0.354 e. The SMILES string of the molecule is CNC(=O)/C(=C/c1cn(-c2ccccc2)nc1-c1cccs1)NC(=O)c1ccccc1. The summed E-state index contributed by atoms with van der Waals surface area (Å²) in [7, 11) is 1.53. The summed E-state index contributed by atoms with van der Waals surface area (Å²) in [6.07, 6.45) is 3.50. The third kappa shape index (κ3) is 4.62. The maximum atomic E-state index is 12.7. The van der Waals surface area contributed by atoms with Crippen LogP contribution in [0, 0.1) is 0 Å². The van der Waals surface area contributed by atoms with Crippen molar-refractivity contribution in [1.29, 1.82) is 0 Å². The van der Waals surface area contributed by atoms with Crippen molar-refractivity contribution in [2.75, 3.05) is 7.05 Å². The van der Waals surface area contributed by atoms with Gasteiger partial charge in [-0.3, -0.25) is 9.59 Å². The van der Waals surface area contributed by atoms with Gasteiger partial charge in [0.1, 0.15) is 11.4 Å². The molecule has 0 spiro atoms. The summed E-state index contributed by atoms with van der Waals surface area (Å²) in [4.78, 5) is 26.2. The lowest BCUT2D eigenvalue weighted by atomic mass is 10.1. The van der Waals surface area contributed by atoms with Gasteiger partial charge in [0.15, 0.2) is 0 Å². The van der Waals surface area contributed by atoms with E-state index in [0.717, 1.165) is 21.8 Å². The number of rotatable bonds is 6. The lowest BCUT2D eigenvalue weighted by Crippen LogP contribution is -2.33. The molecule has 7 heteroatoms. The maximum Gasteiger partial charge on any atom is 0.267 e. The Hall–Kier alpha value is -3.97. The molecular formula is C24H20N4O2S. The summed E-state index contributed by atoms with van der Waals surface area (Å²) in [5, 5.41) is 12.0. The van der Waals surface area contributed by atoms with Gasteiger partial charge in [-0.15, -0.1) is 11.3 Å². The highest BCUT2D eigenvalue weighted by Gasteiger charge is 2.17. The summed E-state index contributed by atoms with van der Waals surface area (Å²) < 4.78 is 1.77. The number of amides is 2. The Balaban J connectivity index is 1.76. The Morgan fingerprint density at radius 3 is 2.32 bits per heavy atom. The quantitative estimate of drug-likeness (QED) is 0.454. The molecule has 0 aliphatic rings. The van der Waals surface area contributed by atoms with Gasteiger partial charge < -0.3 is 10.6 Å². The number of carbonyl (C=O) groups excluding carboxylic acids is 2. The lowest BCUT2D eigenvalue weighted by molar-refractivity contribution is -0.117. The zero-order chi connectivity index (χ0) is 21.6. The number of hydrogen-bond acceptors (Lipinski definition) is 4. The Morgan fingerprint density at radius 2 is 1.68 bits per heavy atom. The highest BCUT2D eigenvalue weighted by molar-refractivity contribution is 7.13. The molecule has 0 saturated heterocycles. The lowest BCUT2D eigenvalue weighted by Gasteiger charge is -2.09. The van der Waals surface area contributed by atoms with Crippen molar-refractivity contribution in [2.24, 2.45) is 0 Å². The molecule has 0 bridgehead atoms. The van der Waals surface area contributed by atoms with Crippen LogP contribution in [0.2, 0.25) is 0 Å². The summed E-state index contributed by atoms with van der Waals surface area (Å²) in [5.74, 6) is -0.752. The van der Waals surface area contributed by atoms with Crippen molar-refractivity contribution < 1.29 is 9.59 Å². The van der Waals surface area contributed by atoms with E-state index in [-0.39, 0.29) is 11.6 Å². The van der Waals surface area contributed by atoms with Crippen molar-refractivity contribution in [1.82, 2.24) is 20.4 Å². The van der Waals surface area contributed by atoms with Crippen LogP contribution in [0.3, 0.4) is 0 Å². The minimum Gasteiger partial charge on any atom is -0.354 e. The van der Waals surface area contributed by atoms with Crippen molar-refractivity contribution in [3.63, 3.8) is 0 Å². The van der Waals surface area contributed by atoms with Crippen LogP contribution < -0.4 is 10.6 Å². The van der Waals surface area contributed by atoms with E-state index in [1.807, 2.05) is 60.1 Å². The Labute approximate surface area is 183 Å². The van der Waals surface area contributed by atoms with Gasteiger partial charge in [0.2, 0.25) is 0 Å². The monoisotopic (exact) mass is 428 g/mol. The molecule has 2 N–H and O–H groups in total. The first-order valence-corrected chi connectivity index (χ1v) is 10.5. The smallest absolute Gasteiger partial charge is 0.267 e. The summed E-state index contributed by atoms with van der Waals surface area (Å²) >= 11 is 1.56. The molecule has 4 aromatic rings. The van der Waals surface area contributed by atoms with Gasteiger partial charge in [-0.1, -0.05) is 42.5 Å². The average molecular weight is 429 g/mol. The van der Waals surface area contributed by atoms with Gasteiger partial charge in [0.05, 0.1) is 10.6 Å². The van der Waals surface area contributed by atoms with Crippen LogP contribution in [0.15, 0.2) is 90.1 Å². The van der Waals surface area contributed by atoms with E-state index in [1.165, 1.54) is 7.05 Å². The van der Waals surface area contributed by atoms with E-state index >= 15 is 0 Å². The molecule has 0 aliphatic heterocycles. The van der Waals surface area contributed by atoms with Crippen LogP contribution in [0.25, 0.3) is 22.3 Å². The van der Waals surface area contributed by atoms with Gasteiger partial charge in [-0.2, -0.15) is 5.10 Å². The Morgan fingerprint density at radius 1 is 0.968 bits per heavy atom. The second-order valence-corrected chi connectivity index (χ2v) is 7.60. The molecule has 0 fully saturated rings. The summed E-state index contributed by atoms with van der Waals surface area (Å²) in [6.45, 7) is 0. The molecule has 2 aromatic heterocycles. The molecule has 2 amide bonds. The topological polar surface area (TPSA) is 76.0 Å². The van der Waals surface area contributed by atoms with E-state index in [2.05, 4.69) is 10.6 Å². The van der Waals surface area contributed by atoms with Gasteiger partial charge in [-0.25, -0.2) is 4.68 Å². The summed E-state index contributed by atoms with van der Waals surface area (Å²) in [5.41, 5.74) is 2.96. The molecule has 0 aliphatic carbocycles. The molecule has 31 heavy (non-hydrogen) atoms. The Bertz CT molecular complexity index is 1210. The van der Waals surface area contributed by atoms with E-state index in [0.29, 0.717) is 5.56 Å². The molecule has 154 valence electrons. The Kier molecular flexibility index (Phi) is 6.05. The molecule has 6 nitrogen and oxygen atoms in total. The number of thiophene rings is 1. The number of benzene rings is 2. The van der Waals surface area contributed by atoms with Gasteiger partial charge >= 0.3 is 0 Å². The predicted octanol–water partition coefficient (Wildman–Crippen LogP) is 4.12. The van der Waals surface area contributed by atoms with E-state index in [4.69, 9.17) is 5.10 Å². The molecule has 2 aromatic carbocycles. The number of para-hydroxylation sites is 1. The predicted molar refractivity (Wildman–Crippen MR) is 123 cm³/mol. The molecule has 0 unspecified atom stereocenters. The minimum absolute atomic E-state index is 0.141. The number of likely N-dealkylation sites (N-methyl/N-ethyl adjacent to an activating group) is 1. The van der Waals surface area contributed by atoms with Crippen LogP contribution in [0.5, 0.6) is 0 Å². The molecule has 0 atom stereocenters. The fourth-order valence-corrected chi connectivity index (χ4v) is 3.77. The first-order valence-electron chi connectivity index (χ1n) is 9.65. The molecule has 0 radical (unpaired) electrons. The van der Waals surface area contributed by atoms with Crippen LogP contribution in [-0.4, -0.2) is 28.6 Å². The van der Waals surface area contributed by atoms with Crippen molar-refractivity contribution in [3.05, 3.63) is 101 Å². The van der Waals surface area contributed by atoms with Gasteiger partial charge in [0, 0.05) is 24.4 Å². The normalized spacial score (nSPS) is 11.2. The second kappa shape index (κ2) is 9.23. The fourth-order valence-electron chi connectivity index (χ4n) is 3.04. The van der Waals surface area contributed by atoms with Gasteiger partial charge in [0.25, 0.3) is 11.8 Å². The average Bonchev–Trinajstić information content (AvgIpc) is 3.49. The first kappa shape index (κ1) is 20.3. The summed E-state index contributed by atoms with van der Waals surface area (Å²) in [6, 6.07) is 22.4. The highest BCUT2D eigenvalue weighted by Crippen LogP contribution is 2.29. The van der Waals surface area contributed by atoms with E-state index < -0.39 is 5.91 Å². The highest BCUT2D eigenvalue weighted by atomic mass is 32.1. The molecule has 4 rings (SSSR count). The third-order valence-corrected chi connectivity index (χ3v) is 5.45. The van der Waals surface area contributed by atoms with E-state index in [1.54, 1.807) is 46.4 Å². The second-order valence-electron chi connectivity index (χ2n) is 6.65. The van der Waals surface area contributed by atoms with Crippen LogP contribution in [0.1, 0.15) is 15.9 Å².